The van der Waals surface area contributed by atoms with Gasteiger partial charge in [0.25, 0.3) is 5.91 Å². The molecular formula is C19H13N3O6. The van der Waals surface area contributed by atoms with Crippen molar-refractivity contribution in [3.63, 3.8) is 0 Å². The minimum absolute atomic E-state index is 0.0742. The largest absolute Gasteiger partial charge is 0.507 e. The number of aryl methyl sites for hydroxylation is 1. The molecule has 4 aromatic rings. The third-order valence-corrected chi connectivity index (χ3v) is 4.02. The number of aromatic nitrogens is 1. The zero-order valence-electron chi connectivity index (χ0n) is 14.5. The number of hydrogen-bond acceptors (Lipinski definition) is 7. The normalized spacial score (nSPS) is 10.9. The van der Waals surface area contributed by atoms with Gasteiger partial charge in [0.2, 0.25) is 5.89 Å². The molecule has 0 atom stereocenters. The molecule has 0 aliphatic rings. The molecule has 2 N–H and O–H groups in total. The lowest BCUT2D eigenvalue weighted by Gasteiger charge is -2.06. The number of nitrogens with one attached hydrogen (secondary N) is 1. The smallest absolute Gasteiger partial charge is 0.433 e. The van der Waals surface area contributed by atoms with Crippen LogP contribution in [0.5, 0.6) is 5.75 Å². The third kappa shape index (κ3) is 3.16. The lowest BCUT2D eigenvalue weighted by Crippen LogP contribution is -2.10. The van der Waals surface area contributed by atoms with Crippen LogP contribution >= 0.6 is 0 Å². The number of phenols is 1. The molecule has 2 aromatic carbocycles. The van der Waals surface area contributed by atoms with Crippen molar-refractivity contribution in [2.45, 2.75) is 6.92 Å². The number of furan rings is 1. The number of phenolic OH excluding ortho intramolecular Hbond substituents is 1. The summed E-state index contributed by atoms with van der Waals surface area (Å²) in [5.74, 6) is -1.28. The quantitative estimate of drug-likeness (QED) is 0.307. The number of aromatic hydroxyl groups is 1. The van der Waals surface area contributed by atoms with Crippen molar-refractivity contribution in [1.82, 2.24) is 4.98 Å². The molecule has 0 saturated heterocycles. The molecule has 9 nitrogen and oxygen atoms in total. The highest BCUT2D eigenvalue weighted by Crippen LogP contribution is 2.33. The second kappa shape index (κ2) is 6.54. The van der Waals surface area contributed by atoms with Gasteiger partial charge in [-0.3, -0.25) is 14.9 Å². The van der Waals surface area contributed by atoms with Crippen LogP contribution in [0.3, 0.4) is 0 Å². The van der Waals surface area contributed by atoms with Gasteiger partial charge in [0.1, 0.15) is 16.2 Å². The minimum Gasteiger partial charge on any atom is -0.507 e. The van der Waals surface area contributed by atoms with E-state index in [1.165, 1.54) is 24.3 Å². The standard InChI is InChI=1S/C19H13N3O6/c1-10-2-5-15-13(8-10)21-19(28-15)12-9-11(3-4-14(12)23)20-18(24)16-6-7-17(27-16)22(25)26/h2-9,23H,1H3,(H,20,24). The van der Waals surface area contributed by atoms with Gasteiger partial charge in [-0.15, -0.1) is 0 Å². The number of anilines is 1. The fourth-order valence-electron chi connectivity index (χ4n) is 2.68. The predicted octanol–water partition coefficient (Wildman–Crippen LogP) is 4.26. The molecule has 0 unspecified atom stereocenters. The van der Waals surface area contributed by atoms with Gasteiger partial charge >= 0.3 is 5.88 Å². The second-order valence-electron chi connectivity index (χ2n) is 6.07. The van der Waals surface area contributed by atoms with Crippen LogP contribution in [0.4, 0.5) is 11.6 Å². The van der Waals surface area contributed by atoms with E-state index in [1.807, 2.05) is 19.1 Å². The minimum atomic E-state index is -0.732. The van der Waals surface area contributed by atoms with Crippen molar-refractivity contribution in [3.8, 4) is 17.2 Å². The summed E-state index contributed by atoms with van der Waals surface area (Å²) in [6, 6.07) is 12.2. The molecule has 2 heterocycles. The van der Waals surface area contributed by atoms with E-state index < -0.39 is 16.7 Å². The van der Waals surface area contributed by atoms with E-state index in [1.54, 1.807) is 6.07 Å². The first kappa shape index (κ1) is 17.3. The van der Waals surface area contributed by atoms with Gasteiger partial charge in [-0.2, -0.15) is 0 Å². The fourth-order valence-corrected chi connectivity index (χ4v) is 2.68. The summed E-state index contributed by atoms with van der Waals surface area (Å²) in [4.78, 5) is 26.5. The summed E-state index contributed by atoms with van der Waals surface area (Å²) in [5.41, 5.74) is 2.85. The van der Waals surface area contributed by atoms with Gasteiger partial charge in [0.05, 0.1) is 11.6 Å². The topological polar surface area (TPSA) is 132 Å². The number of benzene rings is 2. The Bertz CT molecular complexity index is 1220. The van der Waals surface area contributed by atoms with Crippen LogP contribution in [0.25, 0.3) is 22.6 Å². The number of oxazole rings is 1. The molecule has 2 aromatic heterocycles. The van der Waals surface area contributed by atoms with Gasteiger partial charge in [-0.05, 0) is 48.9 Å². The van der Waals surface area contributed by atoms with Gasteiger partial charge in [0, 0.05) is 5.69 Å². The lowest BCUT2D eigenvalue weighted by molar-refractivity contribution is -0.402. The summed E-state index contributed by atoms with van der Waals surface area (Å²) >= 11 is 0. The average molecular weight is 379 g/mol. The van der Waals surface area contributed by atoms with E-state index in [0.717, 1.165) is 11.6 Å². The Morgan fingerprint density at radius 1 is 1.14 bits per heavy atom. The summed E-state index contributed by atoms with van der Waals surface area (Å²) in [5, 5.41) is 23.4. The van der Waals surface area contributed by atoms with E-state index in [-0.39, 0.29) is 23.0 Å². The molecule has 0 bridgehead atoms. The number of carbonyl (C=O) groups is 1. The van der Waals surface area contributed by atoms with Gasteiger partial charge in [-0.1, -0.05) is 6.07 Å². The molecule has 4 rings (SSSR count). The maximum atomic E-state index is 12.2. The molecular weight excluding hydrogens is 366 g/mol. The molecule has 0 aliphatic carbocycles. The van der Waals surface area contributed by atoms with Crippen LogP contribution < -0.4 is 5.32 Å². The van der Waals surface area contributed by atoms with Crippen LogP contribution in [0.1, 0.15) is 16.1 Å². The number of rotatable bonds is 4. The highest BCUT2D eigenvalue weighted by atomic mass is 16.6. The molecule has 0 radical (unpaired) electrons. The van der Waals surface area contributed by atoms with E-state index in [2.05, 4.69) is 10.3 Å². The van der Waals surface area contributed by atoms with Gasteiger partial charge in [-0.25, -0.2) is 4.98 Å². The van der Waals surface area contributed by atoms with Crippen LogP contribution in [-0.2, 0) is 0 Å². The second-order valence-corrected chi connectivity index (χ2v) is 6.07. The first-order valence-corrected chi connectivity index (χ1v) is 8.17. The number of hydrogen-bond donors (Lipinski definition) is 2. The Labute approximate surface area is 157 Å². The van der Waals surface area contributed by atoms with E-state index >= 15 is 0 Å². The summed E-state index contributed by atoms with van der Waals surface area (Å²) in [6.07, 6.45) is 0. The Hall–Kier alpha value is -4.14. The monoisotopic (exact) mass is 379 g/mol. The number of nitrogens with zero attached hydrogens (tertiary/aromatic N) is 2. The molecule has 28 heavy (non-hydrogen) atoms. The first-order chi connectivity index (χ1) is 13.4. The van der Waals surface area contributed by atoms with Crippen molar-refractivity contribution in [3.05, 3.63) is 70.0 Å². The number of fused-ring (bicyclic) bond motifs is 1. The van der Waals surface area contributed by atoms with E-state index in [9.17, 15) is 20.0 Å². The zero-order valence-corrected chi connectivity index (χ0v) is 14.5. The average Bonchev–Trinajstić information content (AvgIpc) is 3.30. The predicted molar refractivity (Wildman–Crippen MR) is 99.2 cm³/mol. The Morgan fingerprint density at radius 2 is 1.96 bits per heavy atom. The van der Waals surface area contributed by atoms with Crippen LogP contribution in [0, 0.1) is 17.0 Å². The van der Waals surface area contributed by atoms with E-state index in [4.69, 9.17) is 8.83 Å². The SMILES string of the molecule is Cc1ccc2oc(-c3cc(NC(=O)c4ccc([N+](=O)[O-])o4)ccc3O)nc2c1. The van der Waals surface area contributed by atoms with E-state index in [0.29, 0.717) is 16.8 Å². The molecule has 0 aliphatic heterocycles. The Kier molecular flexibility index (Phi) is 4.04. The third-order valence-electron chi connectivity index (χ3n) is 4.02. The molecule has 0 spiro atoms. The van der Waals surface area contributed by atoms with Crippen LogP contribution in [0.2, 0.25) is 0 Å². The van der Waals surface area contributed by atoms with Crippen molar-refractivity contribution in [1.29, 1.82) is 0 Å². The molecule has 9 heteroatoms. The molecule has 0 saturated carbocycles. The Balaban J connectivity index is 1.64. The summed E-state index contributed by atoms with van der Waals surface area (Å²) < 4.78 is 10.6. The van der Waals surface area contributed by atoms with Crippen LogP contribution in [-0.4, -0.2) is 20.9 Å². The fraction of sp³-hybridized carbons (Fsp3) is 0.0526. The van der Waals surface area contributed by atoms with Crippen molar-refractivity contribution in [2.75, 3.05) is 5.32 Å². The molecule has 0 fully saturated rings. The van der Waals surface area contributed by atoms with Gasteiger partial charge < -0.3 is 19.3 Å². The number of carbonyl (C=O) groups excluding carboxylic acids is 1. The number of amides is 1. The zero-order chi connectivity index (χ0) is 19.8. The first-order valence-electron chi connectivity index (χ1n) is 8.17. The van der Waals surface area contributed by atoms with Crippen molar-refractivity contribution >= 4 is 28.6 Å². The highest BCUT2D eigenvalue weighted by Gasteiger charge is 2.19. The number of nitro groups is 1. The lowest BCUT2D eigenvalue weighted by atomic mass is 10.1. The molecule has 140 valence electrons. The van der Waals surface area contributed by atoms with Gasteiger partial charge in [0.15, 0.2) is 11.3 Å². The highest BCUT2D eigenvalue weighted by molar-refractivity contribution is 6.02. The van der Waals surface area contributed by atoms with Crippen molar-refractivity contribution < 1.29 is 23.7 Å². The molecule has 1 amide bonds. The van der Waals surface area contributed by atoms with Crippen molar-refractivity contribution in [2.24, 2.45) is 0 Å². The maximum absolute atomic E-state index is 12.2. The Morgan fingerprint density at radius 3 is 2.71 bits per heavy atom. The summed E-state index contributed by atoms with van der Waals surface area (Å²) in [6.45, 7) is 1.93. The summed E-state index contributed by atoms with van der Waals surface area (Å²) in [7, 11) is 0. The van der Waals surface area contributed by atoms with Crippen LogP contribution in [0.15, 0.2) is 57.4 Å². The maximum Gasteiger partial charge on any atom is 0.433 e.